The average Bonchev–Trinajstić information content (AvgIpc) is 2.47. The Morgan fingerprint density at radius 2 is 1.91 bits per heavy atom. The topological polar surface area (TPSA) is 46.6 Å². The average molecular weight is 312 g/mol. The SMILES string of the molecule is CCCCc1cc(CN2CCN(C)CC2)ccc1C(=O)[O-].[Na+]. The van der Waals surface area contributed by atoms with Crippen LogP contribution in [-0.4, -0.2) is 49.0 Å². The van der Waals surface area contributed by atoms with Crippen LogP contribution in [0.4, 0.5) is 0 Å². The van der Waals surface area contributed by atoms with E-state index in [9.17, 15) is 9.90 Å². The van der Waals surface area contributed by atoms with E-state index in [2.05, 4.69) is 29.8 Å². The van der Waals surface area contributed by atoms with Crippen molar-refractivity contribution >= 4 is 5.97 Å². The number of likely N-dealkylation sites (N-methyl/N-ethyl adjacent to an activating group) is 1. The number of carbonyl (C=O) groups excluding carboxylic acids is 1. The minimum atomic E-state index is -1.06. The van der Waals surface area contributed by atoms with Crippen LogP contribution in [0, 0.1) is 0 Å². The van der Waals surface area contributed by atoms with E-state index >= 15 is 0 Å². The first-order valence-corrected chi connectivity index (χ1v) is 7.84. The zero-order valence-electron chi connectivity index (χ0n) is 14.1. The molecule has 1 heterocycles. The van der Waals surface area contributed by atoms with E-state index in [1.807, 2.05) is 6.07 Å². The molecule has 116 valence electrons. The molecule has 1 fully saturated rings. The molecule has 0 amide bonds. The van der Waals surface area contributed by atoms with Gasteiger partial charge in [-0.15, -0.1) is 0 Å². The fourth-order valence-electron chi connectivity index (χ4n) is 2.78. The Morgan fingerprint density at radius 1 is 1.23 bits per heavy atom. The van der Waals surface area contributed by atoms with Gasteiger partial charge in [-0.25, -0.2) is 0 Å². The van der Waals surface area contributed by atoms with Gasteiger partial charge >= 0.3 is 29.6 Å². The number of carboxylic acid groups (broad SMARTS) is 1. The van der Waals surface area contributed by atoms with Crippen molar-refractivity contribution in [3.63, 3.8) is 0 Å². The van der Waals surface area contributed by atoms with Crippen LogP contribution >= 0.6 is 0 Å². The number of carboxylic acids is 1. The molecule has 0 atom stereocenters. The van der Waals surface area contributed by atoms with Crippen LogP contribution in [0.3, 0.4) is 0 Å². The number of piperazine rings is 1. The Labute approximate surface area is 155 Å². The summed E-state index contributed by atoms with van der Waals surface area (Å²) >= 11 is 0. The predicted octanol–water partition coefficient (Wildman–Crippen LogP) is -1.86. The third-order valence-electron chi connectivity index (χ3n) is 4.19. The van der Waals surface area contributed by atoms with E-state index in [1.165, 1.54) is 5.56 Å². The molecule has 0 spiro atoms. The number of hydrogen-bond donors (Lipinski definition) is 0. The van der Waals surface area contributed by atoms with Crippen molar-refractivity contribution in [2.75, 3.05) is 33.2 Å². The van der Waals surface area contributed by atoms with Gasteiger partial charge in [0.15, 0.2) is 0 Å². The van der Waals surface area contributed by atoms with Crippen LogP contribution in [-0.2, 0) is 13.0 Å². The van der Waals surface area contributed by atoms with Crippen molar-refractivity contribution in [3.8, 4) is 0 Å². The Bertz CT molecular complexity index is 486. The molecule has 1 aromatic carbocycles. The van der Waals surface area contributed by atoms with Gasteiger partial charge in [0.05, 0.1) is 5.97 Å². The first-order chi connectivity index (χ1) is 10.1. The monoisotopic (exact) mass is 312 g/mol. The summed E-state index contributed by atoms with van der Waals surface area (Å²) in [6.07, 6.45) is 2.89. The standard InChI is InChI=1S/C17H26N2O2.Na/c1-3-4-5-15-12-14(6-7-16(15)17(20)21)13-19-10-8-18(2)9-11-19;/h6-7,12H,3-5,8-11,13H2,1-2H3,(H,20,21);/q;+1/p-1. The summed E-state index contributed by atoms with van der Waals surface area (Å²) in [5.74, 6) is -1.06. The van der Waals surface area contributed by atoms with E-state index in [-0.39, 0.29) is 29.6 Å². The van der Waals surface area contributed by atoms with E-state index in [4.69, 9.17) is 0 Å². The van der Waals surface area contributed by atoms with Gasteiger partial charge in [0, 0.05) is 38.3 Å². The first-order valence-electron chi connectivity index (χ1n) is 7.84. The Hall–Kier alpha value is -0.390. The molecule has 22 heavy (non-hydrogen) atoms. The van der Waals surface area contributed by atoms with Crippen molar-refractivity contribution in [3.05, 3.63) is 34.9 Å². The third-order valence-corrected chi connectivity index (χ3v) is 4.19. The quantitative estimate of drug-likeness (QED) is 0.578. The van der Waals surface area contributed by atoms with Crippen LogP contribution in [0.2, 0.25) is 0 Å². The summed E-state index contributed by atoms with van der Waals surface area (Å²) in [5.41, 5.74) is 2.48. The molecule has 1 aliphatic heterocycles. The Kier molecular flexibility index (Phi) is 8.65. The van der Waals surface area contributed by atoms with Gasteiger partial charge in [0.1, 0.15) is 0 Å². The minimum Gasteiger partial charge on any atom is -0.545 e. The molecule has 0 unspecified atom stereocenters. The molecule has 1 saturated heterocycles. The number of benzene rings is 1. The fourth-order valence-corrected chi connectivity index (χ4v) is 2.78. The van der Waals surface area contributed by atoms with Gasteiger partial charge < -0.3 is 14.8 Å². The molecule has 0 radical (unpaired) electrons. The summed E-state index contributed by atoms with van der Waals surface area (Å²) in [5, 5.41) is 11.2. The maximum absolute atomic E-state index is 11.2. The molecule has 0 bridgehead atoms. The molecular formula is C17H25N2NaO2. The van der Waals surface area contributed by atoms with Gasteiger partial charge in [-0.05, 0) is 31.0 Å². The van der Waals surface area contributed by atoms with E-state index < -0.39 is 5.97 Å². The van der Waals surface area contributed by atoms with Crippen LogP contribution < -0.4 is 34.7 Å². The van der Waals surface area contributed by atoms with Gasteiger partial charge in [0.2, 0.25) is 0 Å². The van der Waals surface area contributed by atoms with E-state index in [0.29, 0.717) is 5.56 Å². The van der Waals surface area contributed by atoms with Crippen LogP contribution in [0.15, 0.2) is 18.2 Å². The zero-order chi connectivity index (χ0) is 15.2. The molecule has 0 saturated carbocycles. The molecule has 2 rings (SSSR count). The second-order valence-electron chi connectivity index (χ2n) is 5.96. The molecule has 5 heteroatoms. The summed E-state index contributed by atoms with van der Waals surface area (Å²) in [6, 6.07) is 5.70. The summed E-state index contributed by atoms with van der Waals surface area (Å²) in [6.45, 7) is 7.36. The predicted molar refractivity (Wildman–Crippen MR) is 82.2 cm³/mol. The van der Waals surface area contributed by atoms with Crippen molar-refractivity contribution in [1.29, 1.82) is 0 Å². The number of hydrogen-bond acceptors (Lipinski definition) is 4. The van der Waals surface area contributed by atoms with Crippen molar-refractivity contribution < 1.29 is 39.5 Å². The largest absolute Gasteiger partial charge is 1.00 e. The molecule has 1 aliphatic rings. The second kappa shape index (κ2) is 9.68. The fraction of sp³-hybridized carbons (Fsp3) is 0.588. The summed E-state index contributed by atoms with van der Waals surface area (Å²) in [7, 11) is 2.15. The van der Waals surface area contributed by atoms with Crippen LogP contribution in [0.1, 0.15) is 41.3 Å². The summed E-state index contributed by atoms with van der Waals surface area (Å²) < 4.78 is 0. The van der Waals surface area contributed by atoms with E-state index in [0.717, 1.165) is 57.5 Å². The van der Waals surface area contributed by atoms with Gasteiger partial charge in [-0.1, -0.05) is 31.5 Å². The maximum atomic E-state index is 11.2. The Balaban J connectivity index is 0.00000242. The van der Waals surface area contributed by atoms with Crippen molar-refractivity contribution in [2.24, 2.45) is 0 Å². The number of carbonyl (C=O) groups is 1. The third kappa shape index (κ3) is 5.67. The molecule has 0 N–H and O–H groups in total. The molecule has 0 aliphatic carbocycles. The maximum Gasteiger partial charge on any atom is 1.00 e. The second-order valence-corrected chi connectivity index (χ2v) is 5.96. The zero-order valence-corrected chi connectivity index (χ0v) is 16.1. The van der Waals surface area contributed by atoms with Crippen molar-refractivity contribution in [1.82, 2.24) is 9.80 Å². The van der Waals surface area contributed by atoms with Gasteiger partial charge in [-0.2, -0.15) is 0 Å². The van der Waals surface area contributed by atoms with Gasteiger partial charge in [-0.3, -0.25) is 4.90 Å². The normalized spacial score (nSPS) is 16.3. The number of aryl methyl sites for hydroxylation is 1. The number of aromatic carboxylic acids is 1. The van der Waals surface area contributed by atoms with Gasteiger partial charge in [0.25, 0.3) is 0 Å². The number of unbranched alkanes of at least 4 members (excludes halogenated alkanes) is 1. The molecular weight excluding hydrogens is 287 g/mol. The Morgan fingerprint density at radius 3 is 2.50 bits per heavy atom. The summed E-state index contributed by atoms with van der Waals surface area (Å²) in [4.78, 5) is 16.0. The number of rotatable bonds is 6. The molecule has 1 aromatic rings. The van der Waals surface area contributed by atoms with Crippen LogP contribution in [0.25, 0.3) is 0 Å². The first kappa shape index (κ1) is 19.7. The van der Waals surface area contributed by atoms with E-state index in [1.54, 1.807) is 6.07 Å². The number of nitrogens with zero attached hydrogens (tertiary/aromatic N) is 2. The van der Waals surface area contributed by atoms with Crippen LogP contribution in [0.5, 0.6) is 0 Å². The van der Waals surface area contributed by atoms with Crippen molar-refractivity contribution in [2.45, 2.75) is 32.7 Å². The smallest absolute Gasteiger partial charge is 0.545 e. The minimum absolute atomic E-state index is 0. The molecule has 0 aromatic heterocycles. The molecule has 4 nitrogen and oxygen atoms in total.